The Morgan fingerprint density at radius 3 is 2.38 bits per heavy atom. The predicted octanol–water partition coefficient (Wildman–Crippen LogP) is 5.33. The molecule has 0 aliphatic rings. The second-order valence-electron chi connectivity index (χ2n) is 7.78. The highest BCUT2D eigenvalue weighted by atomic mass is 19.2. The van der Waals surface area contributed by atoms with Crippen molar-refractivity contribution in [3.05, 3.63) is 72.4 Å². The van der Waals surface area contributed by atoms with Gasteiger partial charge in [0, 0.05) is 17.4 Å². The molecule has 0 radical (unpaired) electrons. The number of hydrogen-bond acceptors (Lipinski definition) is 6. The van der Waals surface area contributed by atoms with Crippen molar-refractivity contribution in [1.29, 1.82) is 0 Å². The summed E-state index contributed by atoms with van der Waals surface area (Å²) in [6.45, 7) is 5.32. The van der Waals surface area contributed by atoms with Crippen molar-refractivity contribution in [2.45, 2.75) is 26.4 Å². The normalized spacial score (nSPS) is 10.9. The largest absolute Gasteiger partial charge is 0.455 e. The van der Waals surface area contributed by atoms with E-state index in [4.69, 9.17) is 15.2 Å². The molecule has 0 unspecified atom stereocenters. The molecule has 0 saturated heterocycles. The van der Waals surface area contributed by atoms with E-state index in [9.17, 15) is 14.1 Å². The van der Waals surface area contributed by atoms with Crippen molar-refractivity contribution in [2.75, 3.05) is 16.2 Å². The van der Waals surface area contributed by atoms with Gasteiger partial charge in [-0.15, -0.1) is 5.12 Å². The van der Waals surface area contributed by atoms with Crippen LogP contribution in [0, 0.1) is 0 Å². The summed E-state index contributed by atoms with van der Waals surface area (Å²) in [6.07, 6.45) is 0.817. The number of ether oxygens (including phenoxy) is 2. The average molecular weight is 438 g/mol. The van der Waals surface area contributed by atoms with Crippen LogP contribution in [-0.2, 0) is 4.74 Å². The van der Waals surface area contributed by atoms with Crippen molar-refractivity contribution >= 4 is 29.2 Å². The minimum absolute atomic E-state index is 0.0416. The molecular weight excluding hydrogens is 415 g/mol. The number of anilines is 3. The van der Waals surface area contributed by atoms with E-state index >= 15 is 0 Å². The number of aromatic nitrogens is 1. The van der Waals surface area contributed by atoms with Crippen molar-refractivity contribution in [3.63, 3.8) is 0 Å². The quantitative estimate of drug-likeness (QED) is 0.412. The highest BCUT2D eigenvalue weighted by Gasteiger charge is 2.20. The van der Waals surface area contributed by atoms with Crippen LogP contribution in [0.25, 0.3) is 0 Å². The zero-order valence-corrected chi connectivity index (χ0v) is 17.8. The van der Waals surface area contributed by atoms with Crippen LogP contribution in [-0.4, -0.2) is 22.6 Å². The second kappa shape index (κ2) is 9.34. The van der Waals surface area contributed by atoms with Gasteiger partial charge in [-0.2, -0.15) is 0 Å². The Kier molecular flexibility index (Phi) is 6.58. The van der Waals surface area contributed by atoms with E-state index in [0.29, 0.717) is 11.4 Å². The third kappa shape index (κ3) is 5.94. The molecule has 0 saturated carbocycles. The maximum Gasteiger partial charge on any atom is 0.412 e. The Morgan fingerprint density at radius 2 is 1.78 bits per heavy atom. The summed E-state index contributed by atoms with van der Waals surface area (Å²) in [7, 11) is 0. The molecule has 0 atom stereocenters. The number of hydrogen-bond donors (Lipinski definition) is 2. The maximum absolute atomic E-state index is 14.3. The zero-order chi connectivity index (χ0) is 23.3. The average Bonchev–Trinajstić information content (AvgIpc) is 2.74. The van der Waals surface area contributed by atoms with Crippen LogP contribution >= 0.6 is 0 Å². The first-order valence-corrected chi connectivity index (χ1v) is 9.71. The standard InChI is InChI=1S/C23H23FN4O4/c1-23(2,3)32-22(30)27-16-8-10-17(11-9-16)31-19-12-7-15(14-18(19)25)21(29)28(24)20-6-4-5-13-26-20/h4-14H,25H2,1-3H3,(H,27,30). The van der Waals surface area contributed by atoms with Gasteiger partial charge in [0.15, 0.2) is 5.82 Å². The minimum atomic E-state index is -0.903. The smallest absolute Gasteiger partial charge is 0.412 e. The highest BCUT2D eigenvalue weighted by Crippen LogP contribution is 2.30. The van der Waals surface area contributed by atoms with Gasteiger partial charge < -0.3 is 15.2 Å². The van der Waals surface area contributed by atoms with Gasteiger partial charge in [-0.25, -0.2) is 9.78 Å². The van der Waals surface area contributed by atoms with Gasteiger partial charge in [-0.3, -0.25) is 10.1 Å². The summed E-state index contributed by atoms with van der Waals surface area (Å²) in [4.78, 5) is 28.0. The maximum atomic E-state index is 14.3. The van der Waals surface area contributed by atoms with Gasteiger partial charge in [-0.1, -0.05) is 10.5 Å². The molecule has 8 nitrogen and oxygen atoms in total. The van der Waals surface area contributed by atoms with Gasteiger partial charge in [0.25, 0.3) is 5.91 Å². The van der Waals surface area contributed by atoms with Crippen LogP contribution in [0.2, 0.25) is 0 Å². The van der Waals surface area contributed by atoms with Gasteiger partial charge in [-0.05, 0) is 75.4 Å². The Balaban J connectivity index is 1.66. The lowest BCUT2D eigenvalue weighted by molar-refractivity contribution is 0.0635. The summed E-state index contributed by atoms with van der Waals surface area (Å²) >= 11 is 0. The van der Waals surface area contributed by atoms with E-state index in [1.54, 1.807) is 57.2 Å². The molecule has 32 heavy (non-hydrogen) atoms. The fraction of sp³-hybridized carbons (Fsp3) is 0.174. The number of amides is 2. The van der Waals surface area contributed by atoms with Crippen LogP contribution in [0.1, 0.15) is 31.1 Å². The van der Waals surface area contributed by atoms with Crippen LogP contribution in [0.5, 0.6) is 11.5 Å². The molecule has 166 valence electrons. The van der Waals surface area contributed by atoms with Crippen molar-refractivity contribution in [2.24, 2.45) is 0 Å². The van der Waals surface area contributed by atoms with Crippen molar-refractivity contribution < 1.29 is 23.5 Å². The number of nitrogen functional groups attached to an aromatic ring is 1. The Labute approximate surface area is 184 Å². The van der Waals surface area contributed by atoms with Gasteiger partial charge in [0.05, 0.1) is 5.69 Å². The van der Waals surface area contributed by atoms with E-state index in [0.717, 1.165) is 0 Å². The van der Waals surface area contributed by atoms with Crippen molar-refractivity contribution in [1.82, 2.24) is 4.98 Å². The molecule has 0 aliphatic heterocycles. The zero-order valence-electron chi connectivity index (χ0n) is 17.8. The highest BCUT2D eigenvalue weighted by molar-refractivity contribution is 6.04. The van der Waals surface area contributed by atoms with Gasteiger partial charge >= 0.3 is 6.09 Å². The first-order chi connectivity index (χ1) is 15.1. The lowest BCUT2D eigenvalue weighted by Gasteiger charge is -2.19. The summed E-state index contributed by atoms with van der Waals surface area (Å²) in [5.41, 5.74) is 6.11. The summed E-state index contributed by atoms with van der Waals surface area (Å²) in [5, 5.41) is 2.57. The molecule has 2 amide bonds. The summed E-state index contributed by atoms with van der Waals surface area (Å²) < 4.78 is 25.3. The number of carbonyl (C=O) groups excluding carboxylic acids is 2. The molecule has 3 N–H and O–H groups in total. The van der Waals surface area contributed by atoms with E-state index in [2.05, 4.69) is 10.3 Å². The molecule has 0 fully saturated rings. The first-order valence-electron chi connectivity index (χ1n) is 9.71. The number of rotatable bonds is 5. The predicted molar refractivity (Wildman–Crippen MR) is 119 cm³/mol. The molecule has 1 aromatic heterocycles. The lowest BCUT2D eigenvalue weighted by atomic mass is 10.1. The lowest BCUT2D eigenvalue weighted by Crippen LogP contribution is -2.27. The number of benzene rings is 2. The van der Waals surface area contributed by atoms with Gasteiger partial charge in [0.2, 0.25) is 0 Å². The number of pyridine rings is 1. The number of nitrogens with zero attached hydrogens (tertiary/aromatic N) is 2. The second-order valence-corrected chi connectivity index (χ2v) is 7.78. The van der Waals surface area contributed by atoms with Crippen molar-refractivity contribution in [3.8, 4) is 11.5 Å². The van der Waals surface area contributed by atoms with E-state index in [1.807, 2.05) is 0 Å². The molecule has 0 bridgehead atoms. The first kappa shape index (κ1) is 22.5. The number of nitrogens with two attached hydrogens (primary N) is 1. The monoisotopic (exact) mass is 438 g/mol. The van der Waals surface area contributed by atoms with Crippen LogP contribution < -0.4 is 20.9 Å². The summed E-state index contributed by atoms with van der Waals surface area (Å²) in [5.74, 6) is -0.292. The molecule has 3 rings (SSSR count). The molecular formula is C23H23FN4O4. The molecule has 3 aromatic rings. The third-order valence-corrected chi connectivity index (χ3v) is 4.01. The van der Waals surface area contributed by atoms with E-state index in [-0.39, 0.29) is 27.9 Å². The van der Waals surface area contributed by atoms with Gasteiger partial charge in [0.1, 0.15) is 17.1 Å². The summed E-state index contributed by atoms with van der Waals surface area (Å²) in [6, 6.07) is 15.3. The number of halogens is 1. The molecule has 1 heterocycles. The Hall–Kier alpha value is -4.14. The third-order valence-electron chi connectivity index (χ3n) is 4.01. The SMILES string of the molecule is CC(C)(C)OC(=O)Nc1ccc(Oc2ccc(C(=O)N(F)c3ccccn3)cc2N)cc1. The molecule has 9 heteroatoms. The molecule has 0 aliphatic carbocycles. The molecule has 0 spiro atoms. The van der Waals surface area contributed by atoms with E-state index in [1.165, 1.54) is 30.5 Å². The number of nitrogens with one attached hydrogen (secondary N) is 1. The minimum Gasteiger partial charge on any atom is -0.455 e. The Bertz CT molecular complexity index is 1100. The fourth-order valence-corrected chi connectivity index (χ4v) is 2.62. The topological polar surface area (TPSA) is 107 Å². The van der Waals surface area contributed by atoms with Crippen LogP contribution in [0.4, 0.5) is 26.5 Å². The van der Waals surface area contributed by atoms with Crippen LogP contribution in [0.15, 0.2) is 66.9 Å². The fourth-order valence-electron chi connectivity index (χ4n) is 2.62. The Morgan fingerprint density at radius 1 is 1.06 bits per heavy atom. The molecule has 2 aromatic carbocycles. The number of carbonyl (C=O) groups is 2. The van der Waals surface area contributed by atoms with E-state index < -0.39 is 17.6 Å². The van der Waals surface area contributed by atoms with Crippen LogP contribution in [0.3, 0.4) is 0 Å².